The Hall–Kier alpha value is -1.03. The number of nitrogens with one attached hydrogen (secondary N) is 1. The topological polar surface area (TPSA) is 98.0 Å². The summed E-state index contributed by atoms with van der Waals surface area (Å²) in [4.78, 5) is 0. The van der Waals surface area contributed by atoms with Crippen molar-refractivity contribution >= 4 is 42.4 Å². The van der Waals surface area contributed by atoms with Gasteiger partial charge in [-0.05, 0) is 11.6 Å². The summed E-state index contributed by atoms with van der Waals surface area (Å²) >= 11 is 4.17. The highest BCUT2D eigenvalue weighted by atomic mass is 79.9. The minimum Gasteiger partial charge on any atom is -0.374 e. The summed E-state index contributed by atoms with van der Waals surface area (Å²) < 4.78 is 26.9. The average molecular weight is 349 g/mol. The van der Waals surface area contributed by atoms with Gasteiger partial charge in [0.15, 0.2) is 0 Å². The third-order valence-corrected chi connectivity index (χ3v) is 5.36. The van der Waals surface area contributed by atoms with Gasteiger partial charge in [-0.2, -0.15) is 0 Å². The van der Waals surface area contributed by atoms with Gasteiger partial charge in [0.1, 0.15) is 0 Å². The second-order valence-electron chi connectivity index (χ2n) is 3.32. The molecule has 0 aliphatic carbocycles. The zero-order valence-corrected chi connectivity index (χ0v) is 12.2. The van der Waals surface area contributed by atoms with Gasteiger partial charge in [-0.1, -0.05) is 45.5 Å². The lowest BCUT2D eigenvalue weighted by molar-refractivity contribution is 0.579. The van der Waals surface area contributed by atoms with E-state index in [4.69, 9.17) is 5.73 Å². The Morgan fingerprint density at radius 3 is 2.67 bits per heavy atom. The van der Waals surface area contributed by atoms with Gasteiger partial charge in [0.2, 0.25) is 9.47 Å². The molecule has 1 heterocycles. The smallest absolute Gasteiger partial charge is 0.270 e. The van der Waals surface area contributed by atoms with Crippen molar-refractivity contribution in [3.8, 4) is 0 Å². The molecule has 0 aliphatic heterocycles. The Labute approximate surface area is 116 Å². The summed E-state index contributed by atoms with van der Waals surface area (Å²) in [6, 6.07) is 7.35. The number of sulfonamides is 1. The van der Waals surface area contributed by atoms with Crippen LogP contribution in [-0.2, 0) is 16.6 Å². The first-order valence-corrected chi connectivity index (χ1v) is 7.90. The minimum atomic E-state index is -3.66. The zero-order valence-electron chi connectivity index (χ0n) is 9.00. The SMILES string of the molecule is Nc1nnc(S(=O)(=O)NCc2ccccc2Br)s1. The molecule has 9 heteroatoms. The van der Waals surface area contributed by atoms with Crippen LogP contribution in [-0.4, -0.2) is 18.6 Å². The van der Waals surface area contributed by atoms with Crippen LogP contribution in [0.5, 0.6) is 0 Å². The molecule has 0 aliphatic rings. The first-order valence-electron chi connectivity index (χ1n) is 4.81. The number of nitrogen functional groups attached to an aromatic ring is 1. The van der Waals surface area contributed by atoms with Crippen molar-refractivity contribution in [2.45, 2.75) is 10.9 Å². The van der Waals surface area contributed by atoms with Gasteiger partial charge < -0.3 is 5.73 Å². The maximum absolute atomic E-state index is 11.9. The lowest BCUT2D eigenvalue weighted by Gasteiger charge is -2.05. The average Bonchev–Trinajstić information content (AvgIpc) is 2.76. The van der Waals surface area contributed by atoms with Crippen LogP contribution in [0.1, 0.15) is 5.56 Å². The van der Waals surface area contributed by atoms with Crippen molar-refractivity contribution in [1.29, 1.82) is 0 Å². The highest BCUT2D eigenvalue weighted by Crippen LogP contribution is 2.19. The van der Waals surface area contributed by atoms with Gasteiger partial charge in [0, 0.05) is 11.0 Å². The molecule has 0 atom stereocenters. The van der Waals surface area contributed by atoms with E-state index >= 15 is 0 Å². The molecule has 1 aromatic heterocycles. The molecule has 6 nitrogen and oxygen atoms in total. The van der Waals surface area contributed by atoms with E-state index in [0.717, 1.165) is 21.4 Å². The normalized spacial score (nSPS) is 11.6. The molecule has 1 aromatic carbocycles. The van der Waals surface area contributed by atoms with Crippen molar-refractivity contribution in [3.63, 3.8) is 0 Å². The Morgan fingerprint density at radius 1 is 1.33 bits per heavy atom. The first kappa shape index (κ1) is 13.4. The van der Waals surface area contributed by atoms with E-state index in [1.807, 2.05) is 24.3 Å². The monoisotopic (exact) mass is 348 g/mol. The Balaban J connectivity index is 2.13. The van der Waals surface area contributed by atoms with E-state index in [9.17, 15) is 8.42 Å². The molecule has 2 aromatic rings. The number of anilines is 1. The number of hydrogen-bond acceptors (Lipinski definition) is 6. The maximum atomic E-state index is 11.9. The number of aromatic nitrogens is 2. The minimum absolute atomic E-state index is 0.122. The van der Waals surface area contributed by atoms with Crippen molar-refractivity contribution in [2.75, 3.05) is 5.73 Å². The van der Waals surface area contributed by atoms with Crippen LogP contribution < -0.4 is 10.5 Å². The van der Waals surface area contributed by atoms with Crippen molar-refractivity contribution in [2.24, 2.45) is 0 Å². The number of rotatable bonds is 4. The van der Waals surface area contributed by atoms with Crippen molar-refractivity contribution < 1.29 is 8.42 Å². The molecular weight excluding hydrogens is 340 g/mol. The molecule has 96 valence electrons. The zero-order chi connectivity index (χ0) is 13.2. The maximum Gasteiger partial charge on any atom is 0.270 e. The number of nitrogens with two attached hydrogens (primary N) is 1. The van der Waals surface area contributed by atoms with Crippen LogP contribution in [0.2, 0.25) is 0 Å². The number of nitrogens with zero attached hydrogens (tertiary/aromatic N) is 2. The first-order chi connectivity index (χ1) is 8.49. The largest absolute Gasteiger partial charge is 0.374 e. The third-order valence-electron chi connectivity index (χ3n) is 2.06. The second-order valence-corrected chi connectivity index (χ2v) is 7.13. The van der Waals surface area contributed by atoms with Gasteiger partial charge >= 0.3 is 0 Å². The van der Waals surface area contributed by atoms with Gasteiger partial charge in [0.25, 0.3) is 10.0 Å². The number of halogens is 1. The molecule has 18 heavy (non-hydrogen) atoms. The molecular formula is C9H9BrN4O2S2. The van der Waals surface area contributed by atoms with Crippen molar-refractivity contribution in [1.82, 2.24) is 14.9 Å². The predicted octanol–water partition coefficient (Wildman–Crippen LogP) is 1.36. The lowest BCUT2D eigenvalue weighted by Crippen LogP contribution is -2.23. The highest BCUT2D eigenvalue weighted by molar-refractivity contribution is 9.10. The summed E-state index contributed by atoms with van der Waals surface area (Å²) in [6.07, 6.45) is 0. The van der Waals surface area contributed by atoms with E-state index < -0.39 is 10.0 Å². The summed E-state index contributed by atoms with van der Waals surface area (Å²) in [5, 5.41) is 7.10. The molecule has 3 N–H and O–H groups in total. The fraction of sp³-hybridized carbons (Fsp3) is 0.111. The van der Waals surface area contributed by atoms with Crippen LogP contribution in [0.15, 0.2) is 33.1 Å². The summed E-state index contributed by atoms with van der Waals surface area (Å²) in [5.74, 6) is 0. The Bertz CT molecular complexity index is 656. The summed E-state index contributed by atoms with van der Waals surface area (Å²) in [6.45, 7) is 0.170. The van der Waals surface area contributed by atoms with Crippen LogP contribution in [0.3, 0.4) is 0 Å². The molecule has 0 unspecified atom stereocenters. The van der Waals surface area contributed by atoms with Crippen LogP contribution in [0, 0.1) is 0 Å². The molecule has 0 saturated carbocycles. The standard InChI is InChI=1S/C9H9BrN4O2S2/c10-7-4-2-1-3-6(7)5-12-18(15,16)9-14-13-8(11)17-9/h1-4,12H,5H2,(H2,11,13). The Morgan fingerprint density at radius 2 is 2.06 bits per heavy atom. The molecule has 0 amide bonds. The number of hydrogen-bond donors (Lipinski definition) is 2. The molecule has 0 bridgehead atoms. The van der Waals surface area contributed by atoms with E-state index in [0.29, 0.717) is 0 Å². The van der Waals surface area contributed by atoms with Crippen LogP contribution >= 0.6 is 27.3 Å². The predicted molar refractivity (Wildman–Crippen MR) is 72.5 cm³/mol. The summed E-state index contributed by atoms with van der Waals surface area (Å²) in [5.41, 5.74) is 6.18. The molecule has 2 rings (SSSR count). The van der Waals surface area contributed by atoms with Gasteiger partial charge in [-0.25, -0.2) is 13.1 Å². The molecule has 0 fully saturated rings. The van der Waals surface area contributed by atoms with Crippen LogP contribution in [0.4, 0.5) is 5.13 Å². The second kappa shape index (κ2) is 5.31. The molecule has 0 radical (unpaired) electrons. The fourth-order valence-electron chi connectivity index (χ4n) is 1.21. The fourth-order valence-corrected chi connectivity index (χ4v) is 3.46. The summed E-state index contributed by atoms with van der Waals surface area (Å²) in [7, 11) is -3.66. The molecule has 0 saturated heterocycles. The van der Waals surface area contributed by atoms with E-state index in [1.165, 1.54) is 0 Å². The number of benzene rings is 1. The van der Waals surface area contributed by atoms with Gasteiger partial charge in [0.05, 0.1) is 0 Å². The quantitative estimate of drug-likeness (QED) is 0.869. The van der Waals surface area contributed by atoms with Gasteiger partial charge in [-0.15, -0.1) is 10.2 Å². The third kappa shape index (κ3) is 3.05. The van der Waals surface area contributed by atoms with E-state index in [1.54, 1.807) is 0 Å². The van der Waals surface area contributed by atoms with Crippen LogP contribution in [0.25, 0.3) is 0 Å². The van der Waals surface area contributed by atoms with Crippen molar-refractivity contribution in [3.05, 3.63) is 34.3 Å². The highest BCUT2D eigenvalue weighted by Gasteiger charge is 2.19. The van der Waals surface area contributed by atoms with Gasteiger partial charge in [-0.3, -0.25) is 0 Å². The molecule has 0 spiro atoms. The lowest BCUT2D eigenvalue weighted by atomic mass is 10.2. The van der Waals surface area contributed by atoms with E-state index in [2.05, 4.69) is 30.8 Å². The van der Waals surface area contributed by atoms with E-state index in [-0.39, 0.29) is 16.0 Å². The Kier molecular flexibility index (Phi) is 3.95.